The van der Waals surface area contributed by atoms with E-state index in [4.69, 9.17) is 4.42 Å². The zero-order valence-corrected chi connectivity index (χ0v) is 30.4. The van der Waals surface area contributed by atoms with Crippen LogP contribution in [0.1, 0.15) is 25.0 Å². The highest BCUT2D eigenvalue weighted by Gasteiger charge is 2.36. The third kappa shape index (κ3) is 4.74. The Kier molecular flexibility index (Phi) is 6.78. The van der Waals surface area contributed by atoms with Crippen molar-refractivity contribution in [3.8, 4) is 27.9 Å². The third-order valence-corrected chi connectivity index (χ3v) is 11.7. The number of aromatic nitrogens is 1. The minimum Gasteiger partial charge on any atom is -0.456 e. The van der Waals surface area contributed by atoms with Gasteiger partial charge in [-0.15, -0.1) is 0 Å². The van der Waals surface area contributed by atoms with Gasteiger partial charge in [-0.2, -0.15) is 0 Å². The maximum absolute atomic E-state index is 13.9. The monoisotopic (exact) mass is 710 g/mol. The largest absolute Gasteiger partial charge is 0.456 e. The fourth-order valence-electron chi connectivity index (χ4n) is 9.02. The van der Waals surface area contributed by atoms with E-state index in [9.17, 15) is 4.39 Å². The molecule has 0 atom stereocenters. The Labute approximate surface area is 318 Å². The molecule has 1 aliphatic carbocycles. The van der Waals surface area contributed by atoms with Gasteiger partial charge in [0, 0.05) is 38.6 Å². The minimum absolute atomic E-state index is 0.135. The second kappa shape index (κ2) is 11.8. The molecule has 0 fully saturated rings. The zero-order chi connectivity index (χ0) is 36.8. The number of rotatable bonds is 5. The lowest BCUT2D eigenvalue weighted by atomic mass is 9.82. The van der Waals surface area contributed by atoms with E-state index in [0.717, 1.165) is 77.6 Å². The first-order valence-corrected chi connectivity index (χ1v) is 18.8. The molecule has 0 unspecified atom stereocenters. The van der Waals surface area contributed by atoms with Gasteiger partial charge in [0.15, 0.2) is 0 Å². The Morgan fingerprint density at radius 3 is 2.04 bits per heavy atom. The Morgan fingerprint density at radius 1 is 0.509 bits per heavy atom. The number of furan rings is 1. The van der Waals surface area contributed by atoms with Crippen molar-refractivity contribution in [2.75, 3.05) is 4.90 Å². The van der Waals surface area contributed by atoms with E-state index >= 15 is 0 Å². The molecule has 1 aliphatic rings. The van der Waals surface area contributed by atoms with E-state index in [0.29, 0.717) is 0 Å². The van der Waals surface area contributed by atoms with Crippen LogP contribution in [0, 0.1) is 5.82 Å². The Morgan fingerprint density at radius 2 is 1.18 bits per heavy atom. The van der Waals surface area contributed by atoms with Crippen molar-refractivity contribution in [2.24, 2.45) is 0 Å². The quantitative estimate of drug-likeness (QED) is 0.177. The number of benzene rings is 8. The van der Waals surface area contributed by atoms with Crippen molar-refractivity contribution >= 4 is 60.8 Å². The van der Waals surface area contributed by atoms with E-state index in [2.05, 4.69) is 163 Å². The summed E-state index contributed by atoms with van der Waals surface area (Å²) in [5.41, 5.74) is 15.5. The highest BCUT2D eigenvalue weighted by molar-refractivity contribution is 6.14. The molecule has 10 aromatic rings. The molecule has 262 valence electrons. The third-order valence-electron chi connectivity index (χ3n) is 11.7. The number of para-hydroxylation sites is 2. The zero-order valence-electron chi connectivity index (χ0n) is 30.4. The summed E-state index contributed by atoms with van der Waals surface area (Å²) in [6, 6.07) is 61.1. The van der Waals surface area contributed by atoms with Crippen LogP contribution in [0.15, 0.2) is 180 Å². The number of halogens is 1. The maximum Gasteiger partial charge on any atom is 0.137 e. The summed E-state index contributed by atoms with van der Waals surface area (Å²) < 4.78 is 22.5. The van der Waals surface area contributed by atoms with Crippen LogP contribution >= 0.6 is 0 Å². The molecular formula is C51H35FN2O. The normalized spacial score (nSPS) is 13.1. The second-order valence-corrected chi connectivity index (χ2v) is 15.1. The molecule has 3 nitrogen and oxygen atoms in total. The minimum atomic E-state index is -0.241. The predicted octanol–water partition coefficient (Wildman–Crippen LogP) is 14.3. The number of anilines is 3. The molecule has 8 aromatic carbocycles. The first-order chi connectivity index (χ1) is 26.9. The topological polar surface area (TPSA) is 21.3 Å². The molecule has 0 aliphatic heterocycles. The lowest BCUT2D eigenvalue weighted by Crippen LogP contribution is -2.16. The molecule has 11 rings (SSSR count). The molecule has 0 saturated heterocycles. The van der Waals surface area contributed by atoms with Crippen LogP contribution in [0.4, 0.5) is 21.5 Å². The van der Waals surface area contributed by atoms with E-state index in [1.807, 2.05) is 24.3 Å². The van der Waals surface area contributed by atoms with Crippen molar-refractivity contribution in [2.45, 2.75) is 19.3 Å². The first-order valence-electron chi connectivity index (χ1n) is 18.8. The van der Waals surface area contributed by atoms with Crippen molar-refractivity contribution in [1.29, 1.82) is 0 Å². The van der Waals surface area contributed by atoms with Crippen LogP contribution < -0.4 is 4.90 Å². The Balaban J connectivity index is 1.06. The van der Waals surface area contributed by atoms with Gasteiger partial charge >= 0.3 is 0 Å². The van der Waals surface area contributed by atoms with Gasteiger partial charge in [0.1, 0.15) is 17.0 Å². The van der Waals surface area contributed by atoms with Crippen LogP contribution in [-0.2, 0) is 5.41 Å². The van der Waals surface area contributed by atoms with Crippen LogP contribution in [0.3, 0.4) is 0 Å². The average Bonchev–Trinajstić information content (AvgIpc) is 3.84. The van der Waals surface area contributed by atoms with Crippen LogP contribution in [-0.4, -0.2) is 4.57 Å². The molecule has 0 amide bonds. The summed E-state index contributed by atoms with van der Waals surface area (Å²) in [6.07, 6.45) is 0. The first kappa shape index (κ1) is 31.6. The summed E-state index contributed by atoms with van der Waals surface area (Å²) in [7, 11) is 0. The molecular weight excluding hydrogens is 676 g/mol. The Hall–Kier alpha value is -6.91. The van der Waals surface area contributed by atoms with Crippen LogP contribution in [0.2, 0.25) is 0 Å². The number of nitrogens with zero attached hydrogens (tertiary/aromatic N) is 2. The fourth-order valence-corrected chi connectivity index (χ4v) is 9.02. The summed E-state index contributed by atoms with van der Waals surface area (Å²) >= 11 is 0. The van der Waals surface area contributed by atoms with Gasteiger partial charge in [-0.1, -0.05) is 105 Å². The van der Waals surface area contributed by atoms with Gasteiger partial charge in [-0.05, 0) is 118 Å². The van der Waals surface area contributed by atoms with E-state index in [1.165, 1.54) is 34.4 Å². The highest BCUT2D eigenvalue weighted by atomic mass is 19.1. The highest BCUT2D eigenvalue weighted by Crippen LogP contribution is 2.51. The van der Waals surface area contributed by atoms with Crippen molar-refractivity contribution in [3.63, 3.8) is 0 Å². The smallest absolute Gasteiger partial charge is 0.137 e. The van der Waals surface area contributed by atoms with Gasteiger partial charge in [-0.3, -0.25) is 0 Å². The number of hydrogen-bond donors (Lipinski definition) is 0. The molecule has 55 heavy (non-hydrogen) atoms. The molecule has 4 heteroatoms. The Bertz CT molecular complexity index is 3130. The lowest BCUT2D eigenvalue weighted by Gasteiger charge is -2.28. The van der Waals surface area contributed by atoms with Gasteiger partial charge < -0.3 is 13.9 Å². The fraction of sp³-hybridized carbons (Fsp3) is 0.0588. The van der Waals surface area contributed by atoms with Gasteiger partial charge in [0.05, 0.1) is 22.1 Å². The standard InChI is InChI=1S/C51H35FN2O/c1-51(2)43-13-6-3-10-38(43)39-28-27-37(31-44(39)51)53(47-15-9-17-49-50(47)41-12-5-8-16-48(41)55-49)35-23-18-32(19-24-35)33-20-29-46-42(30-33)40-11-4-7-14-45(40)54(46)36-25-21-34(52)22-26-36/h3-31H,1-2H3. The van der Waals surface area contributed by atoms with Gasteiger partial charge in [-0.25, -0.2) is 4.39 Å². The van der Waals surface area contributed by atoms with E-state index in [-0.39, 0.29) is 11.2 Å². The van der Waals surface area contributed by atoms with E-state index < -0.39 is 0 Å². The molecule has 0 saturated carbocycles. The molecule has 0 radical (unpaired) electrons. The van der Waals surface area contributed by atoms with Crippen LogP contribution in [0.5, 0.6) is 0 Å². The SMILES string of the molecule is CC1(C)c2ccccc2-c2ccc(N(c3ccc(-c4ccc5c(c4)c4ccccc4n5-c4ccc(F)cc4)cc3)c3cccc4oc5ccccc5c34)cc21. The summed E-state index contributed by atoms with van der Waals surface area (Å²) in [5.74, 6) is -0.241. The summed E-state index contributed by atoms with van der Waals surface area (Å²) in [4.78, 5) is 2.38. The van der Waals surface area contributed by atoms with E-state index in [1.54, 1.807) is 0 Å². The van der Waals surface area contributed by atoms with Gasteiger partial charge in [0.25, 0.3) is 0 Å². The maximum atomic E-state index is 13.9. The molecule has 2 aromatic heterocycles. The molecule has 2 heterocycles. The average molecular weight is 711 g/mol. The molecule has 0 bridgehead atoms. The number of hydrogen-bond acceptors (Lipinski definition) is 2. The van der Waals surface area contributed by atoms with Crippen molar-refractivity contribution in [3.05, 3.63) is 193 Å². The van der Waals surface area contributed by atoms with Gasteiger partial charge in [0.2, 0.25) is 0 Å². The van der Waals surface area contributed by atoms with Crippen molar-refractivity contribution < 1.29 is 8.81 Å². The summed E-state index contributed by atoms with van der Waals surface area (Å²) in [5, 5.41) is 4.50. The lowest BCUT2D eigenvalue weighted by molar-refractivity contribution is 0.627. The van der Waals surface area contributed by atoms with Crippen molar-refractivity contribution in [1.82, 2.24) is 4.57 Å². The second-order valence-electron chi connectivity index (χ2n) is 15.1. The molecule has 0 spiro atoms. The van der Waals surface area contributed by atoms with Crippen LogP contribution in [0.25, 0.3) is 71.7 Å². The predicted molar refractivity (Wildman–Crippen MR) is 226 cm³/mol. The number of fused-ring (bicyclic) bond motifs is 9. The summed E-state index contributed by atoms with van der Waals surface area (Å²) in [6.45, 7) is 4.66. The molecule has 0 N–H and O–H groups in total.